The Morgan fingerprint density at radius 3 is 2.43 bits per heavy atom. The first-order chi connectivity index (χ1) is 14.6. The van der Waals surface area contributed by atoms with Crippen LogP contribution >= 0.6 is 0 Å². The Morgan fingerprint density at radius 1 is 1.00 bits per heavy atom. The Labute approximate surface area is 175 Å². The molecule has 0 fully saturated rings. The molecule has 0 saturated carbocycles. The van der Waals surface area contributed by atoms with Crippen LogP contribution in [0.2, 0.25) is 0 Å². The Morgan fingerprint density at radius 2 is 1.77 bits per heavy atom. The first kappa shape index (κ1) is 19.4. The van der Waals surface area contributed by atoms with Crippen molar-refractivity contribution in [1.82, 2.24) is 15.0 Å². The predicted octanol–water partition coefficient (Wildman–Crippen LogP) is 4.65. The first-order valence-electron chi connectivity index (χ1n) is 9.79. The lowest BCUT2D eigenvalue weighted by molar-refractivity contribution is 0.442. The van der Waals surface area contributed by atoms with Crippen LogP contribution in [0.15, 0.2) is 30.5 Å². The number of rotatable bonds is 4. The van der Waals surface area contributed by atoms with Gasteiger partial charge >= 0.3 is 0 Å². The fourth-order valence-electron chi connectivity index (χ4n) is 3.64. The van der Waals surface area contributed by atoms with E-state index in [4.69, 9.17) is 10.00 Å². The molecule has 148 valence electrons. The van der Waals surface area contributed by atoms with Crippen molar-refractivity contribution in [3.05, 3.63) is 64.1 Å². The quantitative estimate of drug-likeness (QED) is 0.684. The second-order valence-electron chi connectivity index (χ2n) is 7.31. The van der Waals surface area contributed by atoms with Gasteiger partial charge in [0.2, 0.25) is 11.8 Å². The molecule has 0 radical (unpaired) electrons. The van der Waals surface area contributed by atoms with Crippen LogP contribution in [0, 0.1) is 36.5 Å². The molecule has 0 spiro atoms. The Balaban J connectivity index is 1.71. The van der Waals surface area contributed by atoms with E-state index in [9.17, 15) is 5.26 Å². The summed E-state index contributed by atoms with van der Waals surface area (Å²) in [6.07, 6.45) is 5.48. The summed E-state index contributed by atoms with van der Waals surface area (Å²) in [5, 5.41) is 21.3. The third-order valence-electron chi connectivity index (χ3n) is 5.07. The van der Waals surface area contributed by atoms with Gasteiger partial charge in [-0.1, -0.05) is 0 Å². The molecule has 1 N–H and O–H groups in total. The number of ether oxygens (including phenoxy) is 1. The lowest BCUT2D eigenvalue weighted by Gasteiger charge is -2.20. The molecule has 1 aliphatic rings. The van der Waals surface area contributed by atoms with Gasteiger partial charge in [0.1, 0.15) is 17.5 Å². The molecule has 0 amide bonds. The van der Waals surface area contributed by atoms with Crippen molar-refractivity contribution in [2.24, 2.45) is 0 Å². The molecule has 1 aliphatic carbocycles. The Hall–Kier alpha value is -3.97. The van der Waals surface area contributed by atoms with Crippen molar-refractivity contribution in [3.8, 4) is 23.8 Å². The lowest BCUT2D eigenvalue weighted by Crippen LogP contribution is -2.12. The fourth-order valence-corrected chi connectivity index (χ4v) is 3.64. The van der Waals surface area contributed by atoms with Gasteiger partial charge in [0, 0.05) is 5.56 Å². The summed E-state index contributed by atoms with van der Waals surface area (Å²) in [6.45, 7) is 3.86. The maximum absolute atomic E-state index is 9.19. The SMILES string of the molecule is Cc1cc(C#N)cc(C)c1Oc1nc(Nc2ccc(C#N)nc2)nc2c1CCCC2. The molecule has 30 heavy (non-hydrogen) atoms. The fraction of sp³-hybridized carbons (Fsp3) is 0.261. The van der Waals surface area contributed by atoms with Crippen LogP contribution in [0.4, 0.5) is 11.6 Å². The van der Waals surface area contributed by atoms with Gasteiger partial charge in [0.15, 0.2) is 0 Å². The van der Waals surface area contributed by atoms with Gasteiger partial charge in [0.05, 0.1) is 29.2 Å². The summed E-state index contributed by atoms with van der Waals surface area (Å²) < 4.78 is 6.29. The standard InChI is InChI=1S/C23H20N6O/c1-14-9-16(11-24)10-15(2)21(14)30-22-19-5-3-4-6-20(19)28-23(29-22)27-18-8-7-17(12-25)26-13-18/h7-10,13H,3-6H2,1-2H3,(H,27,28,29). The highest BCUT2D eigenvalue weighted by molar-refractivity contribution is 5.55. The number of fused-ring (bicyclic) bond motifs is 1. The van der Waals surface area contributed by atoms with Crippen LogP contribution in [0.1, 0.15) is 46.5 Å². The van der Waals surface area contributed by atoms with Gasteiger partial charge in [-0.05, 0) is 74.9 Å². The topological polar surface area (TPSA) is 108 Å². The Bertz CT molecular complexity index is 1170. The summed E-state index contributed by atoms with van der Waals surface area (Å²) >= 11 is 0. The van der Waals surface area contributed by atoms with Gasteiger partial charge in [-0.3, -0.25) is 0 Å². The van der Waals surface area contributed by atoms with E-state index in [2.05, 4.69) is 26.3 Å². The number of hydrogen-bond donors (Lipinski definition) is 1. The maximum Gasteiger partial charge on any atom is 0.230 e. The molecule has 0 aliphatic heterocycles. The monoisotopic (exact) mass is 396 g/mol. The van der Waals surface area contributed by atoms with E-state index in [0.717, 1.165) is 48.1 Å². The molecule has 0 saturated heterocycles. The average molecular weight is 396 g/mol. The van der Waals surface area contributed by atoms with Crippen molar-refractivity contribution >= 4 is 11.6 Å². The number of hydrogen-bond acceptors (Lipinski definition) is 7. The molecule has 7 nitrogen and oxygen atoms in total. The van der Waals surface area contributed by atoms with Crippen LogP contribution in [0.5, 0.6) is 11.6 Å². The molecule has 7 heteroatoms. The predicted molar refractivity (Wildman–Crippen MR) is 112 cm³/mol. The number of benzene rings is 1. The number of aromatic nitrogens is 3. The molecule has 0 bridgehead atoms. The van der Waals surface area contributed by atoms with Crippen LogP contribution in [-0.2, 0) is 12.8 Å². The highest BCUT2D eigenvalue weighted by Gasteiger charge is 2.21. The number of nitrogens with zero attached hydrogens (tertiary/aromatic N) is 5. The summed E-state index contributed by atoms with van der Waals surface area (Å²) in [5.74, 6) is 1.69. The van der Waals surface area contributed by atoms with Crippen molar-refractivity contribution in [1.29, 1.82) is 10.5 Å². The van der Waals surface area contributed by atoms with Gasteiger partial charge in [-0.15, -0.1) is 0 Å². The molecule has 2 heterocycles. The van der Waals surface area contributed by atoms with Gasteiger partial charge < -0.3 is 10.1 Å². The molecule has 4 rings (SSSR count). The number of aryl methyl sites for hydroxylation is 3. The zero-order chi connectivity index (χ0) is 21.1. The van der Waals surface area contributed by atoms with Crippen molar-refractivity contribution in [2.45, 2.75) is 39.5 Å². The van der Waals surface area contributed by atoms with E-state index in [1.54, 1.807) is 18.3 Å². The normalized spacial score (nSPS) is 12.4. The van der Waals surface area contributed by atoms with E-state index in [0.29, 0.717) is 34.5 Å². The summed E-state index contributed by atoms with van der Waals surface area (Å²) in [7, 11) is 0. The summed E-state index contributed by atoms with van der Waals surface area (Å²) in [4.78, 5) is 13.4. The molecule has 0 unspecified atom stereocenters. The summed E-state index contributed by atoms with van der Waals surface area (Å²) in [5.41, 5.74) is 5.45. The van der Waals surface area contributed by atoms with Crippen molar-refractivity contribution in [3.63, 3.8) is 0 Å². The van der Waals surface area contributed by atoms with Crippen molar-refractivity contribution in [2.75, 3.05) is 5.32 Å². The molecule has 1 aromatic carbocycles. The Kier molecular flexibility index (Phi) is 5.28. The molecule has 2 aromatic heterocycles. The second kappa shape index (κ2) is 8.18. The van der Waals surface area contributed by atoms with E-state index in [1.165, 1.54) is 0 Å². The molecular weight excluding hydrogens is 376 g/mol. The largest absolute Gasteiger partial charge is 0.438 e. The summed E-state index contributed by atoms with van der Waals surface area (Å²) in [6, 6.07) is 11.2. The van der Waals surface area contributed by atoms with Crippen LogP contribution < -0.4 is 10.1 Å². The minimum atomic E-state index is 0.350. The average Bonchev–Trinajstić information content (AvgIpc) is 2.76. The molecule has 3 aromatic rings. The van der Waals surface area contributed by atoms with Gasteiger partial charge in [0.25, 0.3) is 0 Å². The third kappa shape index (κ3) is 3.92. The minimum Gasteiger partial charge on any atom is -0.438 e. The lowest BCUT2D eigenvalue weighted by atomic mass is 9.97. The highest BCUT2D eigenvalue weighted by Crippen LogP contribution is 2.35. The first-order valence-corrected chi connectivity index (χ1v) is 9.79. The van der Waals surface area contributed by atoms with Crippen LogP contribution in [0.3, 0.4) is 0 Å². The number of nitrogens with one attached hydrogen (secondary N) is 1. The molecular formula is C23H20N6O. The zero-order valence-electron chi connectivity index (χ0n) is 16.9. The van der Waals surface area contributed by atoms with Gasteiger partial charge in [-0.2, -0.15) is 15.5 Å². The van der Waals surface area contributed by atoms with Crippen LogP contribution in [0.25, 0.3) is 0 Å². The van der Waals surface area contributed by atoms with Gasteiger partial charge in [-0.25, -0.2) is 9.97 Å². The maximum atomic E-state index is 9.19. The van der Waals surface area contributed by atoms with Crippen LogP contribution in [-0.4, -0.2) is 15.0 Å². The van der Waals surface area contributed by atoms with Crippen molar-refractivity contribution < 1.29 is 4.74 Å². The number of anilines is 2. The number of pyridine rings is 1. The van der Waals surface area contributed by atoms with E-state index in [-0.39, 0.29) is 0 Å². The minimum absolute atomic E-state index is 0.350. The van der Waals surface area contributed by atoms with E-state index < -0.39 is 0 Å². The number of nitriles is 2. The third-order valence-corrected chi connectivity index (χ3v) is 5.07. The zero-order valence-corrected chi connectivity index (χ0v) is 16.9. The smallest absolute Gasteiger partial charge is 0.230 e. The van der Waals surface area contributed by atoms with E-state index >= 15 is 0 Å². The second-order valence-corrected chi connectivity index (χ2v) is 7.31. The van der Waals surface area contributed by atoms with E-state index in [1.807, 2.05) is 32.0 Å². The molecule has 0 atom stereocenters. The highest BCUT2D eigenvalue weighted by atomic mass is 16.5.